The Hall–Kier alpha value is -3.19. The van der Waals surface area contributed by atoms with Gasteiger partial charge in [0.25, 0.3) is 0 Å². The Morgan fingerprint density at radius 1 is 0.909 bits per heavy atom. The molecule has 3 rings (SSSR count). The number of nitrogen functional groups attached to an aromatic ring is 1. The van der Waals surface area contributed by atoms with E-state index in [1.807, 2.05) is 67.6 Å². The van der Waals surface area contributed by atoms with Gasteiger partial charge in [0.05, 0.1) is 11.4 Å². The first-order valence-electron chi connectivity index (χ1n) is 6.89. The number of nitrogens with zero attached hydrogens (tertiary/aromatic N) is 3. The van der Waals surface area contributed by atoms with Crippen LogP contribution in [0.5, 0.6) is 0 Å². The normalized spacial score (nSPS) is 10.2. The number of aryl methyl sites for hydroxylation is 1. The largest absolute Gasteiger partial charge is 0.381 e. The van der Waals surface area contributed by atoms with Gasteiger partial charge in [-0.25, -0.2) is 9.97 Å². The lowest BCUT2D eigenvalue weighted by Gasteiger charge is -2.12. The number of hydrogen-bond acceptors (Lipinski definition) is 4. The Kier molecular flexibility index (Phi) is 3.55. The first-order chi connectivity index (χ1) is 10.7. The monoisotopic (exact) mass is 286 g/mol. The Balaban J connectivity index is 2.33. The van der Waals surface area contributed by atoms with Gasteiger partial charge in [0.15, 0.2) is 11.5 Å². The zero-order valence-electron chi connectivity index (χ0n) is 12.1. The fourth-order valence-electron chi connectivity index (χ4n) is 2.35. The SMILES string of the molecule is Cc1ccccc1-c1nc(C#N)c(N)nc1-c1ccccc1. The van der Waals surface area contributed by atoms with Crippen LogP contribution in [0, 0.1) is 18.3 Å². The molecule has 0 spiro atoms. The van der Waals surface area contributed by atoms with Crippen molar-refractivity contribution in [2.24, 2.45) is 0 Å². The lowest BCUT2D eigenvalue weighted by Crippen LogP contribution is -2.03. The predicted molar refractivity (Wildman–Crippen MR) is 86.8 cm³/mol. The standard InChI is InChI=1S/C18H14N4/c1-12-7-5-6-10-14(12)17-16(13-8-3-2-4-9-13)22-18(20)15(11-19)21-17/h2-10H,1H3,(H2,20,22). The summed E-state index contributed by atoms with van der Waals surface area (Å²) in [6, 6.07) is 19.6. The second-order valence-electron chi connectivity index (χ2n) is 4.95. The number of anilines is 1. The summed E-state index contributed by atoms with van der Waals surface area (Å²) in [4.78, 5) is 8.87. The summed E-state index contributed by atoms with van der Waals surface area (Å²) in [5, 5.41) is 9.19. The van der Waals surface area contributed by atoms with Gasteiger partial charge in [-0.1, -0.05) is 54.6 Å². The molecule has 2 aromatic carbocycles. The highest BCUT2D eigenvalue weighted by atomic mass is 14.9. The van der Waals surface area contributed by atoms with Crippen LogP contribution in [0.15, 0.2) is 54.6 Å². The van der Waals surface area contributed by atoms with E-state index in [0.29, 0.717) is 11.4 Å². The first kappa shape index (κ1) is 13.8. The number of rotatable bonds is 2. The van der Waals surface area contributed by atoms with E-state index in [1.54, 1.807) is 0 Å². The summed E-state index contributed by atoms with van der Waals surface area (Å²) >= 11 is 0. The van der Waals surface area contributed by atoms with E-state index < -0.39 is 0 Å². The van der Waals surface area contributed by atoms with E-state index in [0.717, 1.165) is 16.7 Å². The number of nitriles is 1. The second-order valence-corrected chi connectivity index (χ2v) is 4.95. The molecule has 0 bridgehead atoms. The molecule has 22 heavy (non-hydrogen) atoms. The fourth-order valence-corrected chi connectivity index (χ4v) is 2.35. The molecule has 0 aliphatic carbocycles. The lowest BCUT2D eigenvalue weighted by molar-refractivity contribution is 1.18. The Labute approximate surface area is 128 Å². The average molecular weight is 286 g/mol. The zero-order chi connectivity index (χ0) is 15.5. The molecule has 0 amide bonds. The maximum absolute atomic E-state index is 9.19. The summed E-state index contributed by atoms with van der Waals surface area (Å²) in [5.74, 6) is 0.152. The van der Waals surface area contributed by atoms with E-state index in [2.05, 4.69) is 9.97 Å². The van der Waals surface area contributed by atoms with Crippen LogP contribution in [0.3, 0.4) is 0 Å². The van der Waals surface area contributed by atoms with Crippen molar-refractivity contribution in [1.82, 2.24) is 9.97 Å². The van der Waals surface area contributed by atoms with E-state index in [-0.39, 0.29) is 11.5 Å². The molecule has 0 aliphatic rings. The van der Waals surface area contributed by atoms with E-state index >= 15 is 0 Å². The third kappa shape index (κ3) is 2.40. The Morgan fingerprint density at radius 3 is 2.27 bits per heavy atom. The molecule has 3 aromatic rings. The third-order valence-electron chi connectivity index (χ3n) is 3.48. The Bertz CT molecular complexity index is 864. The second kappa shape index (κ2) is 5.66. The molecule has 4 heteroatoms. The van der Waals surface area contributed by atoms with Crippen LogP contribution in [-0.4, -0.2) is 9.97 Å². The summed E-state index contributed by atoms with van der Waals surface area (Å²) in [5.41, 5.74) is 10.3. The summed E-state index contributed by atoms with van der Waals surface area (Å²) < 4.78 is 0. The van der Waals surface area contributed by atoms with Gasteiger partial charge in [-0.05, 0) is 12.5 Å². The molecule has 1 aromatic heterocycles. The number of nitrogens with two attached hydrogens (primary N) is 1. The smallest absolute Gasteiger partial charge is 0.183 e. The van der Waals surface area contributed by atoms with Crippen molar-refractivity contribution in [2.75, 3.05) is 5.73 Å². The highest BCUT2D eigenvalue weighted by Gasteiger charge is 2.16. The molecule has 0 aliphatic heterocycles. The highest BCUT2D eigenvalue weighted by molar-refractivity contribution is 5.81. The van der Waals surface area contributed by atoms with Crippen molar-refractivity contribution in [3.05, 3.63) is 65.9 Å². The van der Waals surface area contributed by atoms with Crippen LogP contribution in [0.1, 0.15) is 11.3 Å². The fraction of sp³-hybridized carbons (Fsp3) is 0.0556. The van der Waals surface area contributed by atoms with Crippen molar-refractivity contribution >= 4 is 5.82 Å². The summed E-state index contributed by atoms with van der Waals surface area (Å²) in [6.07, 6.45) is 0. The molecular formula is C18H14N4. The lowest BCUT2D eigenvalue weighted by atomic mass is 10.00. The van der Waals surface area contributed by atoms with Crippen LogP contribution in [-0.2, 0) is 0 Å². The minimum absolute atomic E-state index is 0.151. The van der Waals surface area contributed by atoms with Crippen molar-refractivity contribution < 1.29 is 0 Å². The van der Waals surface area contributed by atoms with Gasteiger partial charge in [0.2, 0.25) is 0 Å². The molecule has 0 saturated carbocycles. The summed E-state index contributed by atoms with van der Waals surface area (Å²) in [7, 11) is 0. The van der Waals surface area contributed by atoms with Crippen LogP contribution >= 0.6 is 0 Å². The van der Waals surface area contributed by atoms with Crippen molar-refractivity contribution in [3.8, 4) is 28.6 Å². The average Bonchev–Trinajstić information content (AvgIpc) is 2.56. The van der Waals surface area contributed by atoms with Crippen LogP contribution in [0.2, 0.25) is 0 Å². The van der Waals surface area contributed by atoms with Crippen LogP contribution < -0.4 is 5.73 Å². The van der Waals surface area contributed by atoms with Crippen LogP contribution in [0.25, 0.3) is 22.5 Å². The zero-order valence-corrected chi connectivity index (χ0v) is 12.1. The molecule has 0 atom stereocenters. The molecule has 0 saturated heterocycles. The summed E-state index contributed by atoms with van der Waals surface area (Å²) in [6.45, 7) is 2.01. The minimum atomic E-state index is 0.151. The van der Waals surface area contributed by atoms with Crippen molar-refractivity contribution in [2.45, 2.75) is 6.92 Å². The van der Waals surface area contributed by atoms with Gasteiger partial charge in [-0.3, -0.25) is 0 Å². The molecule has 0 fully saturated rings. The van der Waals surface area contributed by atoms with Gasteiger partial charge >= 0.3 is 0 Å². The highest BCUT2D eigenvalue weighted by Crippen LogP contribution is 2.32. The van der Waals surface area contributed by atoms with E-state index in [4.69, 9.17) is 5.73 Å². The Morgan fingerprint density at radius 2 is 1.59 bits per heavy atom. The topological polar surface area (TPSA) is 75.6 Å². The van der Waals surface area contributed by atoms with Gasteiger partial charge in [0, 0.05) is 11.1 Å². The quantitative estimate of drug-likeness (QED) is 0.781. The number of benzene rings is 2. The molecule has 106 valence electrons. The molecule has 2 N–H and O–H groups in total. The molecule has 0 unspecified atom stereocenters. The van der Waals surface area contributed by atoms with Gasteiger partial charge in [-0.15, -0.1) is 0 Å². The molecule has 1 heterocycles. The van der Waals surface area contributed by atoms with Gasteiger partial charge in [-0.2, -0.15) is 5.26 Å². The number of aromatic nitrogens is 2. The maximum Gasteiger partial charge on any atom is 0.183 e. The third-order valence-corrected chi connectivity index (χ3v) is 3.48. The molecule has 4 nitrogen and oxygen atoms in total. The molecule has 0 radical (unpaired) electrons. The first-order valence-corrected chi connectivity index (χ1v) is 6.89. The predicted octanol–water partition coefficient (Wildman–Crippen LogP) is 3.57. The minimum Gasteiger partial charge on any atom is -0.381 e. The number of hydrogen-bond donors (Lipinski definition) is 1. The molecular weight excluding hydrogens is 272 g/mol. The van der Waals surface area contributed by atoms with Gasteiger partial charge in [0.1, 0.15) is 6.07 Å². The maximum atomic E-state index is 9.19. The van der Waals surface area contributed by atoms with Crippen molar-refractivity contribution in [3.63, 3.8) is 0 Å². The van der Waals surface area contributed by atoms with E-state index in [1.165, 1.54) is 0 Å². The van der Waals surface area contributed by atoms with Crippen molar-refractivity contribution in [1.29, 1.82) is 5.26 Å². The van der Waals surface area contributed by atoms with Gasteiger partial charge < -0.3 is 5.73 Å². The van der Waals surface area contributed by atoms with Crippen LogP contribution in [0.4, 0.5) is 5.82 Å². The van der Waals surface area contributed by atoms with E-state index in [9.17, 15) is 5.26 Å².